The van der Waals surface area contributed by atoms with Crippen molar-refractivity contribution in [2.24, 2.45) is 0 Å². The molecule has 92 valence electrons. The molecule has 0 aromatic heterocycles. The summed E-state index contributed by atoms with van der Waals surface area (Å²) < 4.78 is 10.7. The SMILES string of the molecule is CCCC(O)COCC(C)OCCCO. The third kappa shape index (κ3) is 10.1. The van der Waals surface area contributed by atoms with Crippen molar-refractivity contribution in [3.8, 4) is 0 Å². The van der Waals surface area contributed by atoms with Crippen molar-refractivity contribution in [2.75, 3.05) is 26.4 Å². The van der Waals surface area contributed by atoms with Crippen LogP contribution in [0.3, 0.4) is 0 Å². The molecule has 2 unspecified atom stereocenters. The van der Waals surface area contributed by atoms with Gasteiger partial charge in [-0.25, -0.2) is 0 Å². The van der Waals surface area contributed by atoms with E-state index in [1.807, 2.05) is 13.8 Å². The van der Waals surface area contributed by atoms with E-state index in [0.717, 1.165) is 12.8 Å². The zero-order valence-corrected chi connectivity index (χ0v) is 9.82. The third-order valence-electron chi connectivity index (χ3n) is 1.99. The summed E-state index contributed by atoms with van der Waals surface area (Å²) in [4.78, 5) is 0. The van der Waals surface area contributed by atoms with Crippen LogP contribution < -0.4 is 0 Å². The van der Waals surface area contributed by atoms with Crippen LogP contribution in [0.25, 0.3) is 0 Å². The maximum Gasteiger partial charge on any atom is 0.0780 e. The molecule has 0 rings (SSSR count). The van der Waals surface area contributed by atoms with Crippen LogP contribution in [0.1, 0.15) is 33.1 Å². The molecular formula is C11H24O4. The summed E-state index contributed by atoms with van der Waals surface area (Å²) in [7, 11) is 0. The van der Waals surface area contributed by atoms with Gasteiger partial charge in [-0.05, 0) is 19.8 Å². The van der Waals surface area contributed by atoms with Gasteiger partial charge in [-0.3, -0.25) is 0 Å². The highest BCUT2D eigenvalue weighted by Crippen LogP contribution is 1.99. The van der Waals surface area contributed by atoms with Gasteiger partial charge in [-0.15, -0.1) is 0 Å². The number of hydrogen-bond donors (Lipinski definition) is 2. The highest BCUT2D eigenvalue weighted by atomic mass is 16.5. The fourth-order valence-corrected chi connectivity index (χ4v) is 1.18. The van der Waals surface area contributed by atoms with Crippen LogP contribution in [-0.2, 0) is 9.47 Å². The topological polar surface area (TPSA) is 58.9 Å². The molecule has 2 N–H and O–H groups in total. The number of aliphatic hydroxyl groups is 2. The fourth-order valence-electron chi connectivity index (χ4n) is 1.18. The lowest BCUT2D eigenvalue weighted by molar-refractivity contribution is -0.0352. The van der Waals surface area contributed by atoms with E-state index in [4.69, 9.17) is 14.6 Å². The van der Waals surface area contributed by atoms with Gasteiger partial charge in [0.15, 0.2) is 0 Å². The van der Waals surface area contributed by atoms with E-state index in [1.165, 1.54) is 0 Å². The van der Waals surface area contributed by atoms with E-state index in [2.05, 4.69) is 0 Å². The molecule has 0 amide bonds. The number of rotatable bonds is 10. The Balaban J connectivity index is 3.26. The molecule has 0 aromatic carbocycles. The summed E-state index contributed by atoms with van der Waals surface area (Å²) in [6, 6.07) is 0. The molecule has 4 heteroatoms. The molecule has 0 aliphatic rings. The van der Waals surface area contributed by atoms with Gasteiger partial charge in [0.2, 0.25) is 0 Å². The Morgan fingerprint density at radius 3 is 2.60 bits per heavy atom. The van der Waals surface area contributed by atoms with E-state index >= 15 is 0 Å². The molecule has 0 saturated carbocycles. The molecule has 0 radical (unpaired) electrons. The lowest BCUT2D eigenvalue weighted by Gasteiger charge is -2.15. The minimum Gasteiger partial charge on any atom is -0.396 e. The summed E-state index contributed by atoms with van der Waals surface area (Å²) in [6.07, 6.45) is 2.06. The zero-order chi connectivity index (χ0) is 11.5. The number of ether oxygens (including phenoxy) is 2. The second-order valence-electron chi connectivity index (χ2n) is 3.74. The molecule has 4 nitrogen and oxygen atoms in total. The van der Waals surface area contributed by atoms with Crippen LogP contribution in [0, 0.1) is 0 Å². The third-order valence-corrected chi connectivity index (χ3v) is 1.99. The minimum atomic E-state index is -0.361. The molecule has 15 heavy (non-hydrogen) atoms. The predicted octanol–water partition coefficient (Wildman–Crippen LogP) is 0.951. The number of hydrogen-bond acceptors (Lipinski definition) is 4. The molecule has 0 saturated heterocycles. The molecule has 0 spiro atoms. The predicted molar refractivity (Wildman–Crippen MR) is 58.9 cm³/mol. The standard InChI is InChI=1S/C11H24O4/c1-3-5-11(13)9-14-8-10(2)15-7-4-6-12/h10-13H,3-9H2,1-2H3. The Morgan fingerprint density at radius 2 is 2.00 bits per heavy atom. The monoisotopic (exact) mass is 220 g/mol. The van der Waals surface area contributed by atoms with Gasteiger partial charge in [-0.1, -0.05) is 13.3 Å². The summed E-state index contributed by atoms with van der Waals surface area (Å²) in [5.74, 6) is 0. The first kappa shape index (κ1) is 14.8. The van der Waals surface area contributed by atoms with Crippen LogP contribution in [0.2, 0.25) is 0 Å². The summed E-state index contributed by atoms with van der Waals surface area (Å²) in [6.45, 7) is 5.53. The Kier molecular flexibility index (Phi) is 10.3. The highest BCUT2D eigenvalue weighted by molar-refractivity contribution is 4.54. The second kappa shape index (κ2) is 10.4. The Hall–Kier alpha value is -0.160. The maximum atomic E-state index is 9.38. The van der Waals surface area contributed by atoms with E-state index in [0.29, 0.717) is 26.2 Å². The Morgan fingerprint density at radius 1 is 1.27 bits per heavy atom. The largest absolute Gasteiger partial charge is 0.396 e. The zero-order valence-electron chi connectivity index (χ0n) is 9.82. The Labute approximate surface area is 92.2 Å². The van der Waals surface area contributed by atoms with Crippen LogP contribution in [-0.4, -0.2) is 48.8 Å². The van der Waals surface area contributed by atoms with Gasteiger partial charge >= 0.3 is 0 Å². The Bertz CT molecular complexity index is 130. The van der Waals surface area contributed by atoms with E-state index in [9.17, 15) is 5.11 Å². The van der Waals surface area contributed by atoms with E-state index in [-0.39, 0.29) is 18.8 Å². The van der Waals surface area contributed by atoms with Gasteiger partial charge in [0.05, 0.1) is 25.4 Å². The lowest BCUT2D eigenvalue weighted by atomic mass is 10.2. The molecule has 0 heterocycles. The molecule has 0 fully saturated rings. The van der Waals surface area contributed by atoms with Gasteiger partial charge in [0.1, 0.15) is 0 Å². The highest BCUT2D eigenvalue weighted by Gasteiger charge is 2.05. The van der Waals surface area contributed by atoms with E-state index < -0.39 is 0 Å². The van der Waals surface area contributed by atoms with Crippen LogP contribution in [0.4, 0.5) is 0 Å². The minimum absolute atomic E-state index is 0.0189. The van der Waals surface area contributed by atoms with Crippen molar-refractivity contribution in [2.45, 2.75) is 45.3 Å². The summed E-state index contributed by atoms with van der Waals surface area (Å²) in [5, 5.41) is 17.9. The molecule has 0 bridgehead atoms. The van der Waals surface area contributed by atoms with Gasteiger partial charge in [-0.2, -0.15) is 0 Å². The molecule has 0 aromatic rings. The van der Waals surface area contributed by atoms with Gasteiger partial charge in [0.25, 0.3) is 0 Å². The first-order chi connectivity index (χ1) is 7.20. The van der Waals surface area contributed by atoms with E-state index in [1.54, 1.807) is 0 Å². The van der Waals surface area contributed by atoms with Crippen LogP contribution in [0.15, 0.2) is 0 Å². The molecule has 0 aliphatic carbocycles. The number of aliphatic hydroxyl groups excluding tert-OH is 2. The van der Waals surface area contributed by atoms with Crippen molar-refractivity contribution >= 4 is 0 Å². The van der Waals surface area contributed by atoms with Crippen molar-refractivity contribution in [1.29, 1.82) is 0 Å². The van der Waals surface area contributed by atoms with Gasteiger partial charge in [0, 0.05) is 13.2 Å². The van der Waals surface area contributed by atoms with Crippen molar-refractivity contribution in [1.82, 2.24) is 0 Å². The first-order valence-corrected chi connectivity index (χ1v) is 5.69. The van der Waals surface area contributed by atoms with Crippen LogP contribution >= 0.6 is 0 Å². The molecular weight excluding hydrogens is 196 g/mol. The second-order valence-corrected chi connectivity index (χ2v) is 3.74. The first-order valence-electron chi connectivity index (χ1n) is 5.69. The van der Waals surface area contributed by atoms with Crippen molar-refractivity contribution in [3.05, 3.63) is 0 Å². The van der Waals surface area contributed by atoms with Crippen LogP contribution in [0.5, 0.6) is 0 Å². The summed E-state index contributed by atoms with van der Waals surface area (Å²) in [5.41, 5.74) is 0. The molecule has 2 atom stereocenters. The van der Waals surface area contributed by atoms with Crippen molar-refractivity contribution < 1.29 is 19.7 Å². The average Bonchev–Trinajstić information content (AvgIpc) is 2.18. The normalized spacial score (nSPS) is 15.2. The van der Waals surface area contributed by atoms with Gasteiger partial charge < -0.3 is 19.7 Å². The maximum absolute atomic E-state index is 9.38. The lowest BCUT2D eigenvalue weighted by Crippen LogP contribution is -2.22. The quantitative estimate of drug-likeness (QED) is 0.538. The summed E-state index contributed by atoms with van der Waals surface area (Å²) >= 11 is 0. The molecule has 0 aliphatic heterocycles. The fraction of sp³-hybridized carbons (Fsp3) is 1.00. The average molecular weight is 220 g/mol. The smallest absolute Gasteiger partial charge is 0.0780 e. The van der Waals surface area contributed by atoms with Crippen molar-refractivity contribution in [3.63, 3.8) is 0 Å².